The molecule has 0 spiro atoms. The molecule has 1 rings (SSSR count). The number of hydrogen-bond acceptors (Lipinski definition) is 3. The fourth-order valence-corrected chi connectivity index (χ4v) is 1.91. The molecule has 17 heavy (non-hydrogen) atoms. The Morgan fingerprint density at radius 1 is 1.59 bits per heavy atom. The van der Waals surface area contributed by atoms with Crippen molar-refractivity contribution < 1.29 is 9.53 Å². The molecule has 1 aliphatic rings. The lowest BCUT2D eigenvalue weighted by Gasteiger charge is -2.26. The van der Waals surface area contributed by atoms with E-state index in [9.17, 15) is 4.79 Å². The summed E-state index contributed by atoms with van der Waals surface area (Å²) in [6.45, 7) is 7.74. The zero-order chi connectivity index (χ0) is 12.7. The molecule has 5 nitrogen and oxygen atoms in total. The van der Waals surface area contributed by atoms with Crippen LogP contribution < -0.4 is 11.1 Å². The Balaban J connectivity index is 2.39. The minimum Gasteiger partial charge on any atom is -0.379 e. The summed E-state index contributed by atoms with van der Waals surface area (Å²) >= 11 is 0. The van der Waals surface area contributed by atoms with E-state index < -0.39 is 0 Å². The van der Waals surface area contributed by atoms with Gasteiger partial charge in [0, 0.05) is 19.7 Å². The highest BCUT2D eigenvalue weighted by molar-refractivity contribution is 5.74. The van der Waals surface area contributed by atoms with Gasteiger partial charge >= 0.3 is 6.03 Å². The number of nitrogens with two attached hydrogens (primary N) is 1. The van der Waals surface area contributed by atoms with Gasteiger partial charge < -0.3 is 20.7 Å². The second-order valence-corrected chi connectivity index (χ2v) is 4.99. The van der Waals surface area contributed by atoms with E-state index in [1.807, 2.05) is 4.90 Å². The van der Waals surface area contributed by atoms with Crippen LogP contribution in [0.25, 0.3) is 0 Å². The van der Waals surface area contributed by atoms with Gasteiger partial charge in [-0.3, -0.25) is 0 Å². The quantitative estimate of drug-likeness (QED) is 0.725. The summed E-state index contributed by atoms with van der Waals surface area (Å²) in [7, 11) is 0. The highest BCUT2D eigenvalue weighted by atomic mass is 16.5. The fraction of sp³-hybridized carbons (Fsp3) is 0.917. The first-order valence-electron chi connectivity index (χ1n) is 6.46. The number of ether oxygens (including phenoxy) is 1. The Morgan fingerprint density at radius 2 is 2.35 bits per heavy atom. The van der Waals surface area contributed by atoms with Crippen molar-refractivity contribution in [3.05, 3.63) is 0 Å². The molecule has 1 fully saturated rings. The van der Waals surface area contributed by atoms with Gasteiger partial charge in [-0.15, -0.1) is 0 Å². The molecule has 1 saturated heterocycles. The number of nitrogens with one attached hydrogen (secondary N) is 1. The first-order valence-corrected chi connectivity index (χ1v) is 6.46. The molecule has 0 aromatic rings. The lowest BCUT2D eigenvalue weighted by atomic mass is 10.2. The normalized spacial score (nSPS) is 19.6. The van der Waals surface area contributed by atoms with Crippen molar-refractivity contribution in [2.24, 2.45) is 11.7 Å². The van der Waals surface area contributed by atoms with Gasteiger partial charge in [-0.1, -0.05) is 13.8 Å². The minimum absolute atomic E-state index is 0.0163. The molecular formula is C12H25N3O2. The largest absolute Gasteiger partial charge is 0.379 e. The van der Waals surface area contributed by atoms with Crippen LogP contribution in [0.1, 0.15) is 26.7 Å². The summed E-state index contributed by atoms with van der Waals surface area (Å²) in [4.78, 5) is 13.9. The first-order chi connectivity index (χ1) is 8.13. The predicted octanol–water partition coefficient (Wildman–Crippen LogP) is 0.792. The Labute approximate surface area is 104 Å². The van der Waals surface area contributed by atoms with E-state index in [-0.39, 0.29) is 12.1 Å². The number of carbonyl (C=O) groups is 1. The number of amides is 2. The molecule has 0 bridgehead atoms. The van der Waals surface area contributed by atoms with Gasteiger partial charge in [-0.2, -0.15) is 0 Å². The van der Waals surface area contributed by atoms with E-state index in [1.54, 1.807) is 0 Å². The molecule has 3 N–H and O–H groups in total. The van der Waals surface area contributed by atoms with Gasteiger partial charge in [0.15, 0.2) is 0 Å². The highest BCUT2D eigenvalue weighted by Crippen LogP contribution is 2.06. The van der Waals surface area contributed by atoms with Crippen LogP contribution >= 0.6 is 0 Å². The average Bonchev–Trinajstić information content (AvgIpc) is 2.76. The van der Waals surface area contributed by atoms with E-state index in [0.29, 0.717) is 19.1 Å². The average molecular weight is 243 g/mol. The van der Waals surface area contributed by atoms with E-state index in [1.165, 1.54) is 0 Å². The maximum absolute atomic E-state index is 12.1. The van der Waals surface area contributed by atoms with Crippen molar-refractivity contribution >= 4 is 6.03 Å². The molecule has 1 heterocycles. The SMILES string of the molecule is CC(C)CN(CCCN)C(=O)NC1CCOC1. The van der Waals surface area contributed by atoms with Crippen molar-refractivity contribution in [1.82, 2.24) is 10.2 Å². The maximum atomic E-state index is 12.1. The third-order valence-electron chi connectivity index (χ3n) is 2.76. The molecule has 0 saturated carbocycles. The third kappa shape index (κ3) is 5.37. The van der Waals surface area contributed by atoms with Crippen molar-refractivity contribution in [3.63, 3.8) is 0 Å². The monoisotopic (exact) mass is 243 g/mol. The van der Waals surface area contributed by atoms with Crippen LogP contribution in [-0.4, -0.2) is 49.8 Å². The van der Waals surface area contributed by atoms with Crippen molar-refractivity contribution in [2.75, 3.05) is 32.8 Å². The number of nitrogens with zero attached hydrogens (tertiary/aromatic N) is 1. The zero-order valence-corrected chi connectivity index (χ0v) is 10.9. The minimum atomic E-state index is 0.0163. The molecular weight excluding hydrogens is 218 g/mol. The van der Waals surface area contributed by atoms with Crippen molar-refractivity contribution in [2.45, 2.75) is 32.7 Å². The summed E-state index contributed by atoms with van der Waals surface area (Å²) in [5.41, 5.74) is 5.49. The van der Waals surface area contributed by atoms with Gasteiger partial charge in [-0.25, -0.2) is 4.79 Å². The molecule has 1 unspecified atom stereocenters. The standard InChI is InChI=1S/C12H25N3O2/c1-10(2)8-15(6-3-5-13)12(16)14-11-4-7-17-9-11/h10-11H,3-9,13H2,1-2H3,(H,14,16). The second-order valence-electron chi connectivity index (χ2n) is 4.99. The summed E-state index contributed by atoms with van der Waals surface area (Å²) < 4.78 is 5.25. The van der Waals surface area contributed by atoms with Crippen LogP contribution in [0.5, 0.6) is 0 Å². The van der Waals surface area contributed by atoms with Crippen LogP contribution in [0, 0.1) is 5.92 Å². The van der Waals surface area contributed by atoms with Gasteiger partial charge in [0.25, 0.3) is 0 Å². The molecule has 100 valence electrons. The van der Waals surface area contributed by atoms with Gasteiger partial charge in [0.05, 0.1) is 12.6 Å². The fourth-order valence-electron chi connectivity index (χ4n) is 1.91. The number of hydrogen-bond donors (Lipinski definition) is 2. The van der Waals surface area contributed by atoms with E-state index >= 15 is 0 Å². The lowest BCUT2D eigenvalue weighted by Crippen LogP contribution is -2.47. The van der Waals surface area contributed by atoms with E-state index in [0.717, 1.165) is 32.5 Å². The van der Waals surface area contributed by atoms with Gasteiger partial charge in [0.1, 0.15) is 0 Å². The molecule has 1 aliphatic heterocycles. The molecule has 0 aromatic heterocycles. The van der Waals surface area contributed by atoms with Crippen LogP contribution in [0.15, 0.2) is 0 Å². The van der Waals surface area contributed by atoms with Crippen LogP contribution in [0.3, 0.4) is 0 Å². The lowest BCUT2D eigenvalue weighted by molar-refractivity contribution is 0.174. The maximum Gasteiger partial charge on any atom is 0.317 e. The smallest absolute Gasteiger partial charge is 0.317 e. The number of urea groups is 1. The molecule has 5 heteroatoms. The topological polar surface area (TPSA) is 67.6 Å². The highest BCUT2D eigenvalue weighted by Gasteiger charge is 2.21. The summed E-state index contributed by atoms with van der Waals surface area (Å²) in [6, 6.07) is 0.192. The number of carbonyl (C=O) groups excluding carboxylic acids is 1. The summed E-state index contributed by atoms with van der Waals surface area (Å²) in [5.74, 6) is 0.471. The van der Waals surface area contributed by atoms with Gasteiger partial charge in [0.2, 0.25) is 0 Å². The van der Waals surface area contributed by atoms with Gasteiger partial charge in [-0.05, 0) is 25.3 Å². The van der Waals surface area contributed by atoms with Crippen LogP contribution in [-0.2, 0) is 4.74 Å². The Hall–Kier alpha value is -0.810. The Kier molecular flexibility index (Phi) is 6.29. The summed E-state index contributed by atoms with van der Waals surface area (Å²) in [5, 5.41) is 3.01. The molecule has 0 radical (unpaired) electrons. The second kappa shape index (κ2) is 7.50. The predicted molar refractivity (Wildman–Crippen MR) is 67.8 cm³/mol. The molecule has 0 aromatic carbocycles. The van der Waals surface area contributed by atoms with Crippen molar-refractivity contribution in [1.29, 1.82) is 0 Å². The third-order valence-corrected chi connectivity index (χ3v) is 2.76. The first kappa shape index (κ1) is 14.3. The van der Waals surface area contributed by atoms with E-state index in [4.69, 9.17) is 10.5 Å². The van der Waals surface area contributed by atoms with E-state index in [2.05, 4.69) is 19.2 Å². The Morgan fingerprint density at radius 3 is 2.88 bits per heavy atom. The summed E-state index contributed by atoms with van der Waals surface area (Å²) in [6.07, 6.45) is 1.76. The molecule has 2 amide bonds. The number of rotatable bonds is 6. The Bertz CT molecular complexity index is 228. The molecule has 1 atom stereocenters. The van der Waals surface area contributed by atoms with Crippen LogP contribution in [0.4, 0.5) is 4.79 Å². The van der Waals surface area contributed by atoms with Crippen molar-refractivity contribution in [3.8, 4) is 0 Å². The molecule has 0 aliphatic carbocycles. The zero-order valence-electron chi connectivity index (χ0n) is 10.9. The van der Waals surface area contributed by atoms with Crippen LogP contribution in [0.2, 0.25) is 0 Å².